The van der Waals surface area contributed by atoms with Gasteiger partial charge in [0.05, 0.1) is 5.69 Å². The summed E-state index contributed by atoms with van der Waals surface area (Å²) >= 11 is 0. The molecule has 1 N–H and O–H groups in total. The SMILES string of the molecule is Cc1nccc(-c2nc3c(c(C(F)(F)F)n2)CNC3)n1. The molecule has 0 saturated carbocycles. The second-order valence-corrected chi connectivity index (χ2v) is 4.41. The molecule has 2 aromatic rings. The number of hydrogen-bond donors (Lipinski definition) is 1. The summed E-state index contributed by atoms with van der Waals surface area (Å²) in [6.45, 7) is 2.09. The quantitative estimate of drug-likeness (QED) is 0.864. The van der Waals surface area contributed by atoms with E-state index in [2.05, 4.69) is 25.3 Å². The van der Waals surface area contributed by atoms with Crippen LogP contribution in [0.25, 0.3) is 11.5 Å². The van der Waals surface area contributed by atoms with Gasteiger partial charge in [-0.3, -0.25) is 0 Å². The van der Waals surface area contributed by atoms with Gasteiger partial charge in [-0.25, -0.2) is 19.9 Å². The van der Waals surface area contributed by atoms with Gasteiger partial charge in [0.25, 0.3) is 0 Å². The molecule has 1 aliphatic rings. The minimum atomic E-state index is -4.50. The first-order chi connectivity index (χ1) is 9.45. The number of fused-ring (bicyclic) bond motifs is 1. The Labute approximate surface area is 112 Å². The first-order valence-corrected chi connectivity index (χ1v) is 5.93. The third kappa shape index (κ3) is 2.22. The van der Waals surface area contributed by atoms with E-state index in [4.69, 9.17) is 0 Å². The first kappa shape index (κ1) is 12.9. The van der Waals surface area contributed by atoms with Gasteiger partial charge in [-0.05, 0) is 13.0 Å². The molecule has 2 aromatic heterocycles. The average Bonchev–Trinajstić information content (AvgIpc) is 2.84. The van der Waals surface area contributed by atoms with Crippen molar-refractivity contribution in [2.24, 2.45) is 0 Å². The van der Waals surface area contributed by atoms with Gasteiger partial charge in [-0.15, -0.1) is 0 Å². The lowest BCUT2D eigenvalue weighted by molar-refractivity contribution is -0.141. The highest BCUT2D eigenvalue weighted by molar-refractivity contribution is 5.50. The topological polar surface area (TPSA) is 63.6 Å². The number of nitrogens with one attached hydrogen (secondary N) is 1. The molecule has 0 unspecified atom stereocenters. The van der Waals surface area contributed by atoms with E-state index in [1.54, 1.807) is 6.92 Å². The summed E-state index contributed by atoms with van der Waals surface area (Å²) in [6, 6.07) is 1.50. The Balaban J connectivity index is 2.19. The van der Waals surface area contributed by atoms with E-state index in [0.29, 0.717) is 18.1 Å². The molecule has 104 valence electrons. The van der Waals surface area contributed by atoms with Gasteiger partial charge in [-0.2, -0.15) is 13.2 Å². The molecule has 0 fully saturated rings. The minimum absolute atomic E-state index is 0.0229. The molecule has 20 heavy (non-hydrogen) atoms. The zero-order valence-electron chi connectivity index (χ0n) is 10.5. The van der Waals surface area contributed by atoms with Crippen molar-refractivity contribution < 1.29 is 13.2 Å². The third-order valence-electron chi connectivity index (χ3n) is 2.96. The highest BCUT2D eigenvalue weighted by Crippen LogP contribution is 2.34. The van der Waals surface area contributed by atoms with Crippen LogP contribution >= 0.6 is 0 Å². The van der Waals surface area contributed by atoms with E-state index in [1.165, 1.54) is 12.3 Å². The summed E-state index contributed by atoms with van der Waals surface area (Å²) in [5.74, 6) is 0.434. The molecule has 0 aromatic carbocycles. The molecule has 0 radical (unpaired) electrons. The Morgan fingerprint density at radius 2 is 1.95 bits per heavy atom. The number of rotatable bonds is 1. The van der Waals surface area contributed by atoms with E-state index in [1.807, 2.05) is 0 Å². The molecule has 3 rings (SSSR count). The molecular weight excluding hydrogens is 271 g/mol. The number of aromatic nitrogens is 4. The van der Waals surface area contributed by atoms with Crippen molar-refractivity contribution in [2.75, 3.05) is 0 Å². The normalized spacial score (nSPS) is 14.4. The Kier molecular flexibility index (Phi) is 2.89. The fraction of sp³-hybridized carbons (Fsp3) is 0.333. The summed E-state index contributed by atoms with van der Waals surface area (Å²) < 4.78 is 39.2. The number of halogens is 3. The van der Waals surface area contributed by atoms with Gasteiger partial charge < -0.3 is 5.32 Å². The molecule has 0 aliphatic carbocycles. The molecular formula is C12H10F3N5. The maximum absolute atomic E-state index is 13.1. The third-order valence-corrected chi connectivity index (χ3v) is 2.96. The van der Waals surface area contributed by atoms with Gasteiger partial charge in [0, 0.05) is 24.8 Å². The van der Waals surface area contributed by atoms with Crippen molar-refractivity contribution in [2.45, 2.75) is 26.2 Å². The number of aryl methyl sites for hydroxylation is 1. The van der Waals surface area contributed by atoms with Gasteiger partial charge in [0.2, 0.25) is 0 Å². The number of nitrogens with zero attached hydrogens (tertiary/aromatic N) is 4. The summed E-state index contributed by atoms with van der Waals surface area (Å²) in [4.78, 5) is 15.8. The van der Waals surface area contributed by atoms with Gasteiger partial charge in [-0.1, -0.05) is 0 Å². The summed E-state index contributed by atoms with van der Waals surface area (Å²) in [6.07, 6.45) is -3.03. The molecule has 0 spiro atoms. The molecule has 3 heterocycles. The van der Waals surface area contributed by atoms with E-state index in [0.717, 1.165) is 0 Å². The number of alkyl halides is 3. The maximum Gasteiger partial charge on any atom is 0.433 e. The fourth-order valence-corrected chi connectivity index (χ4v) is 2.10. The Morgan fingerprint density at radius 3 is 2.65 bits per heavy atom. The monoisotopic (exact) mass is 281 g/mol. The zero-order valence-corrected chi connectivity index (χ0v) is 10.5. The summed E-state index contributed by atoms with van der Waals surface area (Å²) in [7, 11) is 0. The van der Waals surface area contributed by atoms with Crippen LogP contribution in [-0.4, -0.2) is 19.9 Å². The van der Waals surface area contributed by atoms with E-state index in [9.17, 15) is 13.2 Å². The molecule has 1 aliphatic heterocycles. The second kappa shape index (κ2) is 4.48. The van der Waals surface area contributed by atoms with Crippen LogP contribution in [0.3, 0.4) is 0 Å². The van der Waals surface area contributed by atoms with Crippen molar-refractivity contribution in [3.8, 4) is 11.5 Å². The lowest BCUT2D eigenvalue weighted by Gasteiger charge is -2.12. The average molecular weight is 281 g/mol. The van der Waals surface area contributed by atoms with Crippen LogP contribution in [0.15, 0.2) is 12.3 Å². The summed E-state index contributed by atoms with van der Waals surface area (Å²) in [5.41, 5.74) is -0.109. The fourth-order valence-electron chi connectivity index (χ4n) is 2.10. The van der Waals surface area contributed by atoms with Crippen LogP contribution in [0.5, 0.6) is 0 Å². The zero-order chi connectivity index (χ0) is 14.3. The van der Waals surface area contributed by atoms with Crippen LogP contribution in [0.2, 0.25) is 0 Å². The van der Waals surface area contributed by atoms with Crippen LogP contribution in [0.4, 0.5) is 13.2 Å². The minimum Gasteiger partial charge on any atom is -0.307 e. The predicted molar refractivity (Wildman–Crippen MR) is 63.3 cm³/mol. The first-order valence-electron chi connectivity index (χ1n) is 5.93. The van der Waals surface area contributed by atoms with Crippen LogP contribution in [0, 0.1) is 6.92 Å². The predicted octanol–water partition coefficient (Wildman–Crippen LogP) is 1.86. The smallest absolute Gasteiger partial charge is 0.307 e. The highest BCUT2D eigenvalue weighted by atomic mass is 19.4. The van der Waals surface area contributed by atoms with Crippen molar-refractivity contribution in [1.29, 1.82) is 0 Å². The molecule has 0 amide bonds. The van der Waals surface area contributed by atoms with E-state index >= 15 is 0 Å². The Hall–Kier alpha value is -2.09. The molecule has 0 atom stereocenters. The largest absolute Gasteiger partial charge is 0.433 e. The van der Waals surface area contributed by atoms with Crippen molar-refractivity contribution >= 4 is 0 Å². The van der Waals surface area contributed by atoms with Gasteiger partial charge in [0.1, 0.15) is 11.5 Å². The lowest BCUT2D eigenvalue weighted by Crippen LogP contribution is -2.15. The second-order valence-electron chi connectivity index (χ2n) is 4.41. The maximum atomic E-state index is 13.1. The van der Waals surface area contributed by atoms with E-state index in [-0.39, 0.29) is 23.6 Å². The van der Waals surface area contributed by atoms with Crippen molar-refractivity contribution in [3.63, 3.8) is 0 Å². The van der Waals surface area contributed by atoms with Crippen LogP contribution < -0.4 is 5.32 Å². The number of hydrogen-bond acceptors (Lipinski definition) is 5. The molecule has 0 bridgehead atoms. The van der Waals surface area contributed by atoms with Gasteiger partial charge in [0.15, 0.2) is 11.5 Å². The van der Waals surface area contributed by atoms with Crippen molar-refractivity contribution in [1.82, 2.24) is 25.3 Å². The van der Waals surface area contributed by atoms with E-state index < -0.39 is 11.9 Å². The Bertz CT molecular complexity index is 669. The lowest BCUT2D eigenvalue weighted by atomic mass is 10.1. The standard InChI is InChI=1S/C12H10F3N5/c1-6-17-3-2-8(18-6)11-19-9-5-16-4-7(9)10(20-11)12(13,14)15/h2-3,16H,4-5H2,1H3. The van der Waals surface area contributed by atoms with Crippen LogP contribution in [0.1, 0.15) is 22.8 Å². The Morgan fingerprint density at radius 1 is 1.15 bits per heavy atom. The van der Waals surface area contributed by atoms with Crippen LogP contribution in [-0.2, 0) is 19.3 Å². The van der Waals surface area contributed by atoms with Gasteiger partial charge >= 0.3 is 6.18 Å². The summed E-state index contributed by atoms with van der Waals surface area (Å²) in [5, 5.41) is 2.86. The molecule has 0 saturated heterocycles. The molecule has 8 heteroatoms. The highest BCUT2D eigenvalue weighted by Gasteiger charge is 2.38. The molecule has 5 nitrogen and oxygen atoms in total. The van der Waals surface area contributed by atoms with Crippen molar-refractivity contribution in [3.05, 3.63) is 35.0 Å².